The second-order valence-electron chi connectivity index (χ2n) is 4.68. The molecule has 2 rings (SSSR count). The number of carboxylic acid groups (broad SMARTS) is 1. The van der Waals surface area contributed by atoms with Crippen LogP contribution in [0.5, 0.6) is 0 Å². The van der Waals surface area contributed by atoms with E-state index < -0.39 is 12.0 Å². The minimum atomic E-state index is -0.921. The molecule has 1 unspecified atom stereocenters. The van der Waals surface area contributed by atoms with Gasteiger partial charge >= 0.3 is 5.97 Å². The highest BCUT2D eigenvalue weighted by molar-refractivity contribution is 9.10. The highest BCUT2D eigenvalue weighted by Crippen LogP contribution is 2.27. The first-order valence-electron chi connectivity index (χ1n) is 6.50. The van der Waals surface area contributed by atoms with Crippen molar-refractivity contribution in [2.24, 2.45) is 5.18 Å². The van der Waals surface area contributed by atoms with Gasteiger partial charge < -0.3 is 5.11 Å². The molecule has 0 saturated carbocycles. The average molecular weight is 348 g/mol. The van der Waals surface area contributed by atoms with Crippen LogP contribution in [0.1, 0.15) is 24.4 Å². The van der Waals surface area contributed by atoms with Crippen LogP contribution >= 0.6 is 15.9 Å². The van der Waals surface area contributed by atoms with Crippen LogP contribution in [-0.2, 0) is 4.79 Å². The van der Waals surface area contributed by atoms with Crippen LogP contribution in [0.25, 0.3) is 11.1 Å². The molecule has 1 atom stereocenters. The Morgan fingerprint density at radius 2 is 1.57 bits per heavy atom. The zero-order valence-corrected chi connectivity index (χ0v) is 12.8. The van der Waals surface area contributed by atoms with Gasteiger partial charge in [0.2, 0.25) is 0 Å². The number of nitroso groups, excluding NO2 is 1. The van der Waals surface area contributed by atoms with Crippen molar-refractivity contribution in [3.63, 3.8) is 0 Å². The standard InChI is InChI=1S/C16H14BrNO3/c17-14-7-5-12(6-8-14)11-1-3-13(4-2-11)15(18-21)9-10-16(19)20/h1-8,15H,9-10H2,(H,19,20). The topological polar surface area (TPSA) is 66.7 Å². The molecule has 0 amide bonds. The van der Waals surface area contributed by atoms with Crippen LogP contribution in [0.2, 0.25) is 0 Å². The molecule has 0 spiro atoms. The molecule has 2 aromatic rings. The maximum atomic E-state index is 10.9. The van der Waals surface area contributed by atoms with E-state index in [4.69, 9.17) is 5.11 Å². The molecule has 0 aromatic heterocycles. The Kier molecular flexibility index (Phi) is 5.22. The molecule has 0 saturated heterocycles. The monoisotopic (exact) mass is 347 g/mol. The summed E-state index contributed by atoms with van der Waals surface area (Å²) in [5, 5.41) is 11.7. The number of aliphatic carboxylic acids is 1. The first kappa shape index (κ1) is 15.4. The lowest BCUT2D eigenvalue weighted by molar-refractivity contribution is -0.137. The van der Waals surface area contributed by atoms with E-state index in [9.17, 15) is 9.70 Å². The minimum absolute atomic E-state index is 0.0646. The number of hydrogen-bond acceptors (Lipinski definition) is 3. The van der Waals surface area contributed by atoms with Crippen molar-refractivity contribution in [3.8, 4) is 11.1 Å². The van der Waals surface area contributed by atoms with Gasteiger partial charge in [0, 0.05) is 10.9 Å². The van der Waals surface area contributed by atoms with Crippen LogP contribution < -0.4 is 0 Å². The molecule has 1 N–H and O–H groups in total. The SMILES string of the molecule is O=NC(CCC(=O)O)c1ccc(-c2ccc(Br)cc2)cc1. The third-order valence-electron chi connectivity index (χ3n) is 3.23. The zero-order valence-electron chi connectivity index (χ0n) is 11.2. The number of rotatable bonds is 6. The van der Waals surface area contributed by atoms with Crippen molar-refractivity contribution in [1.29, 1.82) is 0 Å². The Bertz CT molecular complexity index is 623. The lowest BCUT2D eigenvalue weighted by Crippen LogP contribution is -2.00. The number of halogens is 1. The quantitative estimate of drug-likeness (QED) is 0.764. The number of carbonyl (C=O) groups is 1. The van der Waals surface area contributed by atoms with E-state index in [0.717, 1.165) is 21.2 Å². The molecule has 0 bridgehead atoms. The molecule has 21 heavy (non-hydrogen) atoms. The predicted molar refractivity (Wildman–Crippen MR) is 85.0 cm³/mol. The summed E-state index contributed by atoms with van der Waals surface area (Å²) < 4.78 is 1.02. The van der Waals surface area contributed by atoms with Crippen molar-refractivity contribution in [2.45, 2.75) is 18.9 Å². The number of benzene rings is 2. The number of carboxylic acids is 1. The summed E-state index contributed by atoms with van der Waals surface area (Å²) in [4.78, 5) is 21.4. The highest BCUT2D eigenvalue weighted by atomic mass is 79.9. The van der Waals surface area contributed by atoms with Gasteiger partial charge in [0.1, 0.15) is 6.04 Å². The molecule has 0 aliphatic heterocycles. The molecule has 0 radical (unpaired) electrons. The Morgan fingerprint density at radius 1 is 1.05 bits per heavy atom. The van der Waals surface area contributed by atoms with Crippen LogP contribution in [0.3, 0.4) is 0 Å². The molecular formula is C16H14BrNO3. The van der Waals surface area contributed by atoms with Gasteiger partial charge in [-0.1, -0.05) is 57.5 Å². The number of nitrogens with zero attached hydrogens (tertiary/aromatic N) is 1. The fraction of sp³-hybridized carbons (Fsp3) is 0.188. The first-order valence-corrected chi connectivity index (χ1v) is 7.29. The van der Waals surface area contributed by atoms with Crippen molar-refractivity contribution >= 4 is 21.9 Å². The fourth-order valence-electron chi connectivity index (χ4n) is 2.08. The molecule has 5 heteroatoms. The van der Waals surface area contributed by atoms with Crippen LogP contribution in [0, 0.1) is 4.91 Å². The van der Waals surface area contributed by atoms with Gasteiger partial charge in [0.15, 0.2) is 0 Å². The molecule has 0 fully saturated rings. The maximum Gasteiger partial charge on any atom is 0.303 e. The summed E-state index contributed by atoms with van der Waals surface area (Å²) in [5.74, 6) is -0.921. The molecule has 2 aromatic carbocycles. The highest BCUT2D eigenvalue weighted by Gasteiger charge is 2.13. The smallest absolute Gasteiger partial charge is 0.303 e. The van der Waals surface area contributed by atoms with Crippen molar-refractivity contribution in [3.05, 3.63) is 63.5 Å². The van der Waals surface area contributed by atoms with Crippen LogP contribution in [0.15, 0.2) is 58.2 Å². The molecule has 108 valence electrons. The van der Waals surface area contributed by atoms with E-state index in [1.807, 2.05) is 48.5 Å². The summed E-state index contributed by atoms with van der Waals surface area (Å²) in [6.45, 7) is 0. The minimum Gasteiger partial charge on any atom is -0.481 e. The average Bonchev–Trinajstić information content (AvgIpc) is 2.49. The van der Waals surface area contributed by atoms with Crippen molar-refractivity contribution in [1.82, 2.24) is 0 Å². The van der Waals surface area contributed by atoms with Gasteiger partial charge in [-0.2, -0.15) is 4.91 Å². The normalized spacial score (nSPS) is 11.9. The summed E-state index contributed by atoms with van der Waals surface area (Å²) in [7, 11) is 0. The first-order chi connectivity index (χ1) is 10.1. The lowest BCUT2D eigenvalue weighted by Gasteiger charge is -2.09. The van der Waals surface area contributed by atoms with E-state index >= 15 is 0 Å². The Labute approximate surface area is 130 Å². The third-order valence-corrected chi connectivity index (χ3v) is 3.76. The van der Waals surface area contributed by atoms with E-state index in [1.54, 1.807) is 0 Å². The Hall–Kier alpha value is -2.01. The van der Waals surface area contributed by atoms with Crippen molar-refractivity contribution < 1.29 is 9.90 Å². The van der Waals surface area contributed by atoms with Crippen LogP contribution in [0.4, 0.5) is 0 Å². The molecule has 0 aliphatic rings. The Balaban J connectivity index is 2.15. The fourth-order valence-corrected chi connectivity index (χ4v) is 2.34. The summed E-state index contributed by atoms with van der Waals surface area (Å²) in [6, 6.07) is 14.8. The van der Waals surface area contributed by atoms with Gasteiger partial charge in [-0.05, 0) is 35.2 Å². The Morgan fingerprint density at radius 3 is 2.05 bits per heavy atom. The summed E-state index contributed by atoms with van der Waals surface area (Å²) >= 11 is 3.39. The molecule has 0 heterocycles. The number of hydrogen-bond donors (Lipinski definition) is 1. The van der Waals surface area contributed by atoms with E-state index in [2.05, 4.69) is 21.1 Å². The van der Waals surface area contributed by atoms with E-state index in [1.165, 1.54) is 0 Å². The predicted octanol–water partition coefficient (Wildman–Crippen LogP) is 4.79. The van der Waals surface area contributed by atoms with E-state index in [-0.39, 0.29) is 12.8 Å². The largest absolute Gasteiger partial charge is 0.481 e. The van der Waals surface area contributed by atoms with Gasteiger partial charge in [0.05, 0.1) is 0 Å². The lowest BCUT2D eigenvalue weighted by atomic mass is 9.99. The van der Waals surface area contributed by atoms with Gasteiger partial charge in [-0.25, -0.2) is 0 Å². The van der Waals surface area contributed by atoms with Gasteiger partial charge in [-0.15, -0.1) is 0 Å². The molecule has 0 aliphatic carbocycles. The second kappa shape index (κ2) is 7.13. The third kappa shape index (κ3) is 4.23. The zero-order chi connectivity index (χ0) is 15.2. The molecule has 4 nitrogen and oxygen atoms in total. The second-order valence-corrected chi connectivity index (χ2v) is 5.60. The summed E-state index contributed by atoms with van der Waals surface area (Å²) in [6.07, 6.45) is 0.154. The maximum absolute atomic E-state index is 10.9. The van der Waals surface area contributed by atoms with Gasteiger partial charge in [-0.3, -0.25) is 4.79 Å². The van der Waals surface area contributed by atoms with Crippen molar-refractivity contribution in [2.75, 3.05) is 0 Å². The van der Waals surface area contributed by atoms with Crippen LogP contribution in [-0.4, -0.2) is 11.1 Å². The van der Waals surface area contributed by atoms with Gasteiger partial charge in [0.25, 0.3) is 0 Å². The van der Waals surface area contributed by atoms with E-state index in [0.29, 0.717) is 0 Å². The summed E-state index contributed by atoms with van der Waals surface area (Å²) in [5.41, 5.74) is 2.85. The molecular weight excluding hydrogens is 334 g/mol.